The molecule has 4 nitrogen and oxygen atoms in total. The van der Waals surface area contributed by atoms with Gasteiger partial charge >= 0.3 is 0 Å². The molecule has 0 aliphatic rings. The average Bonchev–Trinajstić information content (AvgIpc) is 3.27. The molecule has 2 aromatic heterocycles. The third kappa shape index (κ3) is 2.68. The van der Waals surface area contributed by atoms with Crippen LogP contribution in [0.1, 0.15) is 16.7 Å². The minimum atomic E-state index is -0.765. The van der Waals surface area contributed by atoms with Gasteiger partial charge in [0.15, 0.2) is 5.76 Å². The van der Waals surface area contributed by atoms with Gasteiger partial charge in [0.05, 0.1) is 7.11 Å². The van der Waals surface area contributed by atoms with Crippen molar-refractivity contribution in [3.63, 3.8) is 0 Å². The number of aromatic nitrogens is 1. The SMILES string of the molecule is COc1ccc(C(O)c2nc(-c3cc4ccccc4o3)cs2)cc1. The smallest absolute Gasteiger partial charge is 0.154 e. The van der Waals surface area contributed by atoms with Gasteiger partial charge in [0.25, 0.3) is 0 Å². The van der Waals surface area contributed by atoms with E-state index in [1.807, 2.05) is 60.0 Å². The summed E-state index contributed by atoms with van der Waals surface area (Å²) in [5.41, 5.74) is 2.35. The lowest BCUT2D eigenvalue weighted by Crippen LogP contribution is -1.99. The molecule has 0 saturated heterocycles. The second-order valence-corrected chi connectivity index (χ2v) is 6.28. The molecule has 4 aromatic rings. The van der Waals surface area contributed by atoms with E-state index in [4.69, 9.17) is 9.15 Å². The zero-order valence-electron chi connectivity index (χ0n) is 13.0. The Bertz CT molecular complexity index is 939. The molecule has 4 rings (SSSR count). The summed E-state index contributed by atoms with van der Waals surface area (Å²) in [6, 6.07) is 17.1. The molecule has 0 aliphatic heterocycles. The van der Waals surface area contributed by atoms with Crippen LogP contribution in [-0.2, 0) is 0 Å². The summed E-state index contributed by atoms with van der Waals surface area (Å²) in [7, 11) is 1.62. The van der Waals surface area contributed by atoms with Gasteiger partial charge < -0.3 is 14.3 Å². The van der Waals surface area contributed by atoms with Gasteiger partial charge in [-0.25, -0.2) is 4.98 Å². The van der Waals surface area contributed by atoms with Crippen molar-refractivity contribution < 1.29 is 14.3 Å². The molecule has 0 bridgehead atoms. The zero-order chi connectivity index (χ0) is 16.5. The highest BCUT2D eigenvalue weighted by molar-refractivity contribution is 7.10. The number of fused-ring (bicyclic) bond motifs is 1. The van der Waals surface area contributed by atoms with Crippen LogP contribution in [0.3, 0.4) is 0 Å². The molecule has 0 saturated carbocycles. The number of para-hydroxylation sites is 1. The van der Waals surface area contributed by atoms with Gasteiger partial charge in [0.2, 0.25) is 0 Å². The molecular weight excluding hydrogens is 322 g/mol. The summed E-state index contributed by atoms with van der Waals surface area (Å²) >= 11 is 1.41. The van der Waals surface area contributed by atoms with E-state index >= 15 is 0 Å². The van der Waals surface area contributed by atoms with E-state index < -0.39 is 6.10 Å². The Morgan fingerprint density at radius 3 is 2.67 bits per heavy atom. The summed E-state index contributed by atoms with van der Waals surface area (Å²) in [5.74, 6) is 1.47. The first-order valence-electron chi connectivity index (χ1n) is 7.51. The number of rotatable bonds is 4. The van der Waals surface area contributed by atoms with Crippen molar-refractivity contribution in [2.45, 2.75) is 6.10 Å². The molecule has 0 fully saturated rings. The first-order valence-corrected chi connectivity index (χ1v) is 8.39. The predicted octanol–water partition coefficient (Wildman–Crippen LogP) is 4.65. The van der Waals surface area contributed by atoms with Crippen LogP contribution in [-0.4, -0.2) is 17.2 Å². The number of ether oxygens (including phenoxy) is 1. The summed E-state index contributed by atoms with van der Waals surface area (Å²) < 4.78 is 11.0. The number of benzene rings is 2. The maximum atomic E-state index is 10.5. The molecule has 1 unspecified atom stereocenters. The molecule has 0 spiro atoms. The van der Waals surface area contributed by atoms with Crippen LogP contribution in [0.4, 0.5) is 0 Å². The average molecular weight is 337 g/mol. The Kier molecular flexibility index (Phi) is 3.80. The van der Waals surface area contributed by atoms with Crippen LogP contribution in [0.2, 0.25) is 0 Å². The third-order valence-corrected chi connectivity index (χ3v) is 4.76. The van der Waals surface area contributed by atoms with Gasteiger partial charge in [-0.2, -0.15) is 0 Å². The van der Waals surface area contributed by atoms with Crippen LogP contribution < -0.4 is 4.74 Å². The van der Waals surface area contributed by atoms with E-state index in [0.29, 0.717) is 10.8 Å². The fourth-order valence-electron chi connectivity index (χ4n) is 2.56. The van der Waals surface area contributed by atoms with Gasteiger partial charge in [0.1, 0.15) is 28.1 Å². The minimum Gasteiger partial charge on any atom is -0.497 e. The fourth-order valence-corrected chi connectivity index (χ4v) is 3.38. The lowest BCUT2D eigenvalue weighted by atomic mass is 10.1. The van der Waals surface area contributed by atoms with Crippen molar-refractivity contribution in [3.05, 3.63) is 70.5 Å². The number of thiazole rings is 1. The summed E-state index contributed by atoms with van der Waals surface area (Å²) in [4.78, 5) is 4.54. The molecule has 5 heteroatoms. The topological polar surface area (TPSA) is 55.5 Å². The van der Waals surface area contributed by atoms with Gasteiger partial charge in [0, 0.05) is 10.8 Å². The highest BCUT2D eigenvalue weighted by Gasteiger charge is 2.17. The summed E-state index contributed by atoms with van der Waals surface area (Å²) in [6.07, 6.45) is -0.765. The fraction of sp³-hybridized carbons (Fsp3) is 0.105. The van der Waals surface area contributed by atoms with Crippen molar-refractivity contribution in [1.29, 1.82) is 0 Å². The Balaban J connectivity index is 1.63. The Morgan fingerprint density at radius 1 is 1.12 bits per heavy atom. The highest BCUT2D eigenvalue weighted by Crippen LogP contribution is 2.32. The summed E-state index contributed by atoms with van der Waals surface area (Å²) in [6.45, 7) is 0. The van der Waals surface area contributed by atoms with Crippen LogP contribution in [0, 0.1) is 0 Å². The normalized spacial score (nSPS) is 12.4. The molecule has 2 aromatic carbocycles. The van der Waals surface area contributed by atoms with Crippen molar-refractivity contribution in [2.75, 3.05) is 7.11 Å². The van der Waals surface area contributed by atoms with Crippen LogP contribution in [0.25, 0.3) is 22.4 Å². The Morgan fingerprint density at radius 2 is 1.92 bits per heavy atom. The van der Waals surface area contributed by atoms with Crippen molar-refractivity contribution in [3.8, 4) is 17.2 Å². The van der Waals surface area contributed by atoms with Gasteiger partial charge in [-0.1, -0.05) is 30.3 Å². The number of nitrogens with zero attached hydrogens (tertiary/aromatic N) is 1. The first kappa shape index (κ1) is 14.9. The molecule has 120 valence electrons. The van der Waals surface area contributed by atoms with Crippen LogP contribution in [0.15, 0.2) is 64.4 Å². The van der Waals surface area contributed by atoms with E-state index in [0.717, 1.165) is 28.0 Å². The van der Waals surface area contributed by atoms with Gasteiger partial charge in [-0.05, 0) is 29.8 Å². The number of aliphatic hydroxyl groups excluding tert-OH is 1. The predicted molar refractivity (Wildman–Crippen MR) is 94.4 cm³/mol. The molecule has 1 atom stereocenters. The summed E-state index contributed by atoms with van der Waals surface area (Å²) in [5, 5.41) is 14.1. The van der Waals surface area contributed by atoms with Gasteiger partial charge in [-0.3, -0.25) is 0 Å². The number of aliphatic hydroxyl groups is 1. The van der Waals surface area contributed by atoms with Crippen molar-refractivity contribution in [2.24, 2.45) is 0 Å². The van der Waals surface area contributed by atoms with E-state index in [1.54, 1.807) is 7.11 Å². The highest BCUT2D eigenvalue weighted by atomic mass is 32.1. The molecule has 0 amide bonds. The molecular formula is C19H15NO3S. The molecule has 24 heavy (non-hydrogen) atoms. The monoisotopic (exact) mass is 337 g/mol. The van der Waals surface area contributed by atoms with E-state index in [-0.39, 0.29) is 0 Å². The van der Waals surface area contributed by atoms with E-state index in [2.05, 4.69) is 4.98 Å². The Hall–Kier alpha value is -2.63. The van der Waals surface area contributed by atoms with Crippen LogP contribution in [0.5, 0.6) is 5.75 Å². The van der Waals surface area contributed by atoms with E-state index in [9.17, 15) is 5.11 Å². The first-order chi connectivity index (χ1) is 11.7. The quantitative estimate of drug-likeness (QED) is 0.589. The third-order valence-electron chi connectivity index (χ3n) is 3.87. The number of hydrogen-bond acceptors (Lipinski definition) is 5. The molecule has 1 N–H and O–H groups in total. The zero-order valence-corrected chi connectivity index (χ0v) is 13.8. The minimum absolute atomic E-state index is 0.635. The second kappa shape index (κ2) is 6.11. The number of methoxy groups -OCH3 is 1. The maximum Gasteiger partial charge on any atom is 0.154 e. The van der Waals surface area contributed by atoms with E-state index in [1.165, 1.54) is 11.3 Å². The van der Waals surface area contributed by atoms with Crippen molar-refractivity contribution in [1.82, 2.24) is 4.98 Å². The van der Waals surface area contributed by atoms with Crippen molar-refractivity contribution >= 4 is 22.3 Å². The largest absolute Gasteiger partial charge is 0.497 e. The second-order valence-electron chi connectivity index (χ2n) is 5.40. The number of hydrogen-bond donors (Lipinski definition) is 1. The molecule has 0 radical (unpaired) electrons. The van der Waals surface area contributed by atoms with Crippen LogP contribution >= 0.6 is 11.3 Å². The maximum absolute atomic E-state index is 10.5. The van der Waals surface area contributed by atoms with Gasteiger partial charge in [-0.15, -0.1) is 11.3 Å². The standard InChI is InChI=1S/C19H15NO3S/c1-22-14-8-6-12(7-9-14)18(21)19-20-15(11-24-19)17-10-13-4-2-3-5-16(13)23-17/h2-11,18,21H,1H3. The molecule has 0 aliphatic carbocycles. The number of furan rings is 1. The Labute approximate surface area is 143 Å². The lowest BCUT2D eigenvalue weighted by Gasteiger charge is -2.08. The lowest BCUT2D eigenvalue weighted by molar-refractivity contribution is 0.219. The molecule has 2 heterocycles.